The van der Waals surface area contributed by atoms with E-state index in [1.165, 1.54) is 12.1 Å². The summed E-state index contributed by atoms with van der Waals surface area (Å²) in [5, 5.41) is 8.15. The zero-order valence-electron chi connectivity index (χ0n) is 6.05. The van der Waals surface area contributed by atoms with Gasteiger partial charge in [-0.1, -0.05) is 17.7 Å². The van der Waals surface area contributed by atoms with E-state index in [4.69, 9.17) is 21.6 Å². The van der Waals surface area contributed by atoms with Crippen LogP contribution < -0.4 is 4.74 Å². The molecule has 0 spiro atoms. The Labute approximate surface area is 74.1 Å². The third-order valence-electron chi connectivity index (χ3n) is 1.21. The highest BCUT2D eigenvalue weighted by atomic mass is 35.5. The Morgan fingerprint density at radius 1 is 1.58 bits per heavy atom. The van der Waals surface area contributed by atoms with Gasteiger partial charge in [-0.2, -0.15) is 5.26 Å². The van der Waals surface area contributed by atoms with E-state index in [-0.39, 0.29) is 17.4 Å². The molecule has 0 atom stereocenters. The smallest absolute Gasteiger partial charge is 0.183 e. The molecule has 0 fully saturated rings. The van der Waals surface area contributed by atoms with Gasteiger partial charge >= 0.3 is 0 Å². The molecule has 2 nitrogen and oxygen atoms in total. The van der Waals surface area contributed by atoms with Crippen molar-refractivity contribution < 1.29 is 9.13 Å². The Bertz CT molecular complexity index is 321. The van der Waals surface area contributed by atoms with E-state index >= 15 is 0 Å². The third kappa shape index (κ3) is 1.86. The second kappa shape index (κ2) is 3.93. The van der Waals surface area contributed by atoms with Gasteiger partial charge in [-0.15, -0.1) is 0 Å². The summed E-state index contributed by atoms with van der Waals surface area (Å²) in [5.74, 6) is -0.626. The Balaban J connectivity index is 2.86. The molecule has 62 valence electrons. The number of halogens is 2. The maximum absolute atomic E-state index is 13.0. The number of nitrogens with zero attached hydrogens (tertiary/aromatic N) is 1. The fraction of sp³-hybridized carbons (Fsp3) is 0.125. The summed E-state index contributed by atoms with van der Waals surface area (Å²) in [5.41, 5.74) is 0. The summed E-state index contributed by atoms with van der Waals surface area (Å²) >= 11 is 5.45. The van der Waals surface area contributed by atoms with E-state index in [1.807, 2.05) is 0 Å². The molecule has 1 aromatic rings. The number of nitriles is 1. The summed E-state index contributed by atoms with van der Waals surface area (Å²) in [6.45, 7) is -0.183. The van der Waals surface area contributed by atoms with Gasteiger partial charge < -0.3 is 4.74 Å². The van der Waals surface area contributed by atoms with E-state index in [0.717, 1.165) is 0 Å². The molecule has 0 radical (unpaired) electrons. The van der Waals surface area contributed by atoms with E-state index in [9.17, 15) is 4.39 Å². The molecule has 12 heavy (non-hydrogen) atoms. The first-order chi connectivity index (χ1) is 5.75. The summed E-state index contributed by atoms with van der Waals surface area (Å²) in [4.78, 5) is 0. The lowest BCUT2D eigenvalue weighted by atomic mass is 10.3. The first kappa shape index (κ1) is 8.82. The van der Waals surface area contributed by atoms with Crippen LogP contribution in [0.15, 0.2) is 18.2 Å². The van der Waals surface area contributed by atoms with Crippen molar-refractivity contribution in [1.82, 2.24) is 0 Å². The predicted molar refractivity (Wildman–Crippen MR) is 42.5 cm³/mol. The van der Waals surface area contributed by atoms with Gasteiger partial charge in [-0.05, 0) is 12.1 Å². The van der Waals surface area contributed by atoms with Gasteiger partial charge in [0, 0.05) is 0 Å². The second-order valence-electron chi connectivity index (χ2n) is 2.00. The van der Waals surface area contributed by atoms with Crippen LogP contribution in [0, 0.1) is 17.1 Å². The Kier molecular flexibility index (Phi) is 2.89. The van der Waals surface area contributed by atoms with E-state index in [2.05, 4.69) is 0 Å². The molecule has 0 aromatic heterocycles. The van der Waals surface area contributed by atoms with Crippen molar-refractivity contribution in [2.45, 2.75) is 0 Å². The molecule has 0 heterocycles. The summed E-state index contributed by atoms with van der Waals surface area (Å²) in [6, 6.07) is 6.11. The molecule has 0 bridgehead atoms. The fourth-order valence-electron chi connectivity index (χ4n) is 0.706. The molecule has 0 N–H and O–H groups in total. The van der Waals surface area contributed by atoms with Crippen molar-refractivity contribution in [3.63, 3.8) is 0 Å². The van der Waals surface area contributed by atoms with Crippen LogP contribution in [0.3, 0.4) is 0 Å². The van der Waals surface area contributed by atoms with Crippen LogP contribution in [0.5, 0.6) is 5.75 Å². The van der Waals surface area contributed by atoms with Crippen molar-refractivity contribution in [1.29, 1.82) is 5.26 Å². The van der Waals surface area contributed by atoms with Crippen LogP contribution in [-0.2, 0) is 0 Å². The number of hydrogen-bond acceptors (Lipinski definition) is 2. The molecule has 0 saturated carbocycles. The van der Waals surface area contributed by atoms with Gasteiger partial charge in [-0.3, -0.25) is 0 Å². The van der Waals surface area contributed by atoms with E-state index in [1.54, 1.807) is 12.1 Å². The average Bonchev–Trinajstić information content (AvgIpc) is 2.08. The highest BCUT2D eigenvalue weighted by Gasteiger charge is 2.05. The number of benzene rings is 1. The van der Waals surface area contributed by atoms with Gasteiger partial charge in [0.15, 0.2) is 18.2 Å². The zero-order chi connectivity index (χ0) is 8.97. The molecule has 0 aliphatic carbocycles. The van der Waals surface area contributed by atoms with Crippen LogP contribution in [0.1, 0.15) is 0 Å². The molecule has 4 heteroatoms. The van der Waals surface area contributed by atoms with E-state index < -0.39 is 5.82 Å². The minimum atomic E-state index is -0.630. The molecule has 1 aromatic carbocycles. The normalized spacial score (nSPS) is 9.08. The second-order valence-corrected chi connectivity index (χ2v) is 2.41. The minimum Gasteiger partial charge on any atom is -0.476 e. The lowest BCUT2D eigenvalue weighted by Gasteiger charge is -2.02. The minimum absolute atomic E-state index is 0.00375. The van der Waals surface area contributed by atoms with Crippen LogP contribution in [0.2, 0.25) is 5.02 Å². The maximum Gasteiger partial charge on any atom is 0.183 e. The van der Waals surface area contributed by atoms with Gasteiger partial charge in [0.2, 0.25) is 0 Å². The lowest BCUT2D eigenvalue weighted by Crippen LogP contribution is -1.95. The van der Waals surface area contributed by atoms with Gasteiger partial charge in [-0.25, -0.2) is 4.39 Å². The lowest BCUT2D eigenvalue weighted by molar-refractivity contribution is 0.346. The fourth-order valence-corrected chi connectivity index (χ4v) is 0.871. The quantitative estimate of drug-likeness (QED) is 0.709. The predicted octanol–water partition coefficient (Wildman–Crippen LogP) is 2.38. The molecule has 0 saturated heterocycles. The van der Waals surface area contributed by atoms with Crippen LogP contribution in [-0.4, -0.2) is 6.61 Å². The Hall–Kier alpha value is -1.27. The first-order valence-corrected chi connectivity index (χ1v) is 3.57. The SMILES string of the molecule is N#CCOc1cccc(Cl)c1F. The molecule has 0 amide bonds. The summed E-state index contributed by atoms with van der Waals surface area (Å²) in [6.07, 6.45) is 0. The van der Waals surface area contributed by atoms with Gasteiger partial charge in [0.1, 0.15) is 6.07 Å². The topological polar surface area (TPSA) is 33.0 Å². The largest absolute Gasteiger partial charge is 0.476 e. The number of hydrogen-bond donors (Lipinski definition) is 0. The Morgan fingerprint density at radius 3 is 3.00 bits per heavy atom. The molecular formula is C8H5ClFNO. The standard InChI is InChI=1S/C8H5ClFNO/c9-6-2-1-3-7(8(6)10)12-5-4-11/h1-3H,5H2. The number of ether oxygens (including phenoxy) is 1. The van der Waals surface area contributed by atoms with Crippen molar-refractivity contribution in [3.05, 3.63) is 29.0 Å². The molecule has 0 unspecified atom stereocenters. The van der Waals surface area contributed by atoms with Crippen LogP contribution in [0.25, 0.3) is 0 Å². The van der Waals surface area contributed by atoms with Crippen molar-refractivity contribution in [2.24, 2.45) is 0 Å². The van der Waals surface area contributed by atoms with Gasteiger partial charge in [0.25, 0.3) is 0 Å². The Morgan fingerprint density at radius 2 is 2.33 bits per heavy atom. The first-order valence-electron chi connectivity index (χ1n) is 3.19. The van der Waals surface area contributed by atoms with Crippen molar-refractivity contribution in [2.75, 3.05) is 6.61 Å². The third-order valence-corrected chi connectivity index (χ3v) is 1.50. The van der Waals surface area contributed by atoms with Crippen LogP contribution in [0.4, 0.5) is 4.39 Å². The molecule has 1 rings (SSSR count). The summed E-state index contributed by atoms with van der Waals surface area (Å²) < 4.78 is 17.7. The van der Waals surface area contributed by atoms with Crippen molar-refractivity contribution in [3.8, 4) is 11.8 Å². The molecular weight excluding hydrogens is 181 g/mol. The van der Waals surface area contributed by atoms with Crippen molar-refractivity contribution >= 4 is 11.6 Å². The van der Waals surface area contributed by atoms with E-state index in [0.29, 0.717) is 0 Å². The monoisotopic (exact) mass is 185 g/mol. The highest BCUT2D eigenvalue weighted by molar-refractivity contribution is 6.30. The summed E-state index contributed by atoms with van der Waals surface area (Å²) in [7, 11) is 0. The number of rotatable bonds is 2. The molecule has 0 aliphatic heterocycles. The van der Waals surface area contributed by atoms with Crippen LogP contribution >= 0.6 is 11.6 Å². The molecule has 0 aliphatic rings. The average molecular weight is 186 g/mol. The highest BCUT2D eigenvalue weighted by Crippen LogP contribution is 2.23. The zero-order valence-corrected chi connectivity index (χ0v) is 6.81. The van der Waals surface area contributed by atoms with Gasteiger partial charge in [0.05, 0.1) is 5.02 Å². The maximum atomic E-state index is 13.0.